The van der Waals surface area contributed by atoms with E-state index in [4.69, 9.17) is 0 Å². The van der Waals surface area contributed by atoms with E-state index in [1.807, 2.05) is 44.6 Å². The van der Waals surface area contributed by atoms with Gasteiger partial charge in [0, 0.05) is 35.9 Å². The van der Waals surface area contributed by atoms with Gasteiger partial charge in [0.1, 0.15) is 12.1 Å². The number of carbonyl (C=O) groups is 3. The third-order valence-electron chi connectivity index (χ3n) is 7.45. The van der Waals surface area contributed by atoms with Gasteiger partial charge in [-0.05, 0) is 75.4 Å². The number of likely N-dealkylation sites (N-methyl/N-ethyl adjacent to an activating group) is 1. The van der Waals surface area contributed by atoms with Gasteiger partial charge in [-0.15, -0.1) is 0 Å². The monoisotopic (exact) mass is 467 g/mol. The third kappa shape index (κ3) is 4.82. The number of benzene rings is 1. The molecule has 1 spiro atoms. The summed E-state index contributed by atoms with van der Waals surface area (Å²) in [6.07, 6.45) is 5.08. The normalized spacial score (nSPS) is 23.2. The van der Waals surface area contributed by atoms with Crippen molar-refractivity contribution in [1.82, 2.24) is 19.7 Å². The van der Waals surface area contributed by atoms with Crippen molar-refractivity contribution >= 4 is 34.4 Å². The largest absolute Gasteiger partial charge is 0.346 e. The predicted molar refractivity (Wildman–Crippen MR) is 134 cm³/mol. The van der Waals surface area contributed by atoms with Crippen LogP contribution in [0, 0.1) is 11.3 Å². The lowest BCUT2D eigenvalue weighted by Gasteiger charge is -2.40. The average Bonchev–Trinajstić information content (AvgIpc) is 3.26. The van der Waals surface area contributed by atoms with E-state index in [1.165, 1.54) is 0 Å². The Morgan fingerprint density at radius 1 is 1.18 bits per heavy atom. The zero-order valence-electron chi connectivity index (χ0n) is 21.0. The number of aromatic nitrogens is 1. The van der Waals surface area contributed by atoms with Gasteiger partial charge in [0.05, 0.1) is 0 Å². The predicted octanol–water partition coefficient (Wildman–Crippen LogP) is 3.67. The first-order chi connectivity index (χ1) is 16.0. The highest BCUT2D eigenvalue weighted by atomic mass is 16.2. The van der Waals surface area contributed by atoms with Crippen LogP contribution in [0.15, 0.2) is 30.5 Å². The van der Waals surface area contributed by atoms with Crippen LogP contribution in [0.5, 0.6) is 0 Å². The van der Waals surface area contributed by atoms with Gasteiger partial charge in [-0.2, -0.15) is 0 Å². The lowest BCUT2D eigenvalue weighted by molar-refractivity contribution is -0.135. The van der Waals surface area contributed by atoms with Crippen molar-refractivity contribution in [2.24, 2.45) is 11.3 Å². The van der Waals surface area contributed by atoms with Gasteiger partial charge in [0.25, 0.3) is 5.91 Å². The topological polar surface area (TPSA) is 86.7 Å². The Balaban J connectivity index is 1.38. The molecule has 1 saturated carbocycles. The number of imide groups is 1. The van der Waals surface area contributed by atoms with Gasteiger partial charge in [-0.3, -0.25) is 14.5 Å². The van der Waals surface area contributed by atoms with Crippen molar-refractivity contribution in [3.8, 4) is 0 Å². The molecule has 0 bridgehead atoms. The molecule has 2 heterocycles. The summed E-state index contributed by atoms with van der Waals surface area (Å²) in [6.45, 7) is 8.20. The van der Waals surface area contributed by atoms with Crippen molar-refractivity contribution in [2.75, 3.05) is 32.5 Å². The van der Waals surface area contributed by atoms with Crippen LogP contribution in [-0.4, -0.2) is 64.9 Å². The number of carbonyl (C=O) groups excluding carboxylic acids is 3. The van der Waals surface area contributed by atoms with E-state index < -0.39 is 11.6 Å². The van der Waals surface area contributed by atoms with E-state index in [1.54, 1.807) is 0 Å². The maximum atomic E-state index is 13.2. The highest BCUT2D eigenvalue weighted by molar-refractivity contribution is 6.10. The smallest absolute Gasteiger partial charge is 0.325 e. The van der Waals surface area contributed by atoms with Crippen molar-refractivity contribution in [2.45, 2.75) is 58.5 Å². The number of urea groups is 1. The number of rotatable bonds is 6. The quantitative estimate of drug-likeness (QED) is 0.635. The number of amides is 4. The van der Waals surface area contributed by atoms with E-state index in [9.17, 15) is 14.4 Å². The second-order valence-corrected chi connectivity index (χ2v) is 11.2. The maximum absolute atomic E-state index is 13.2. The van der Waals surface area contributed by atoms with Crippen LogP contribution in [0.25, 0.3) is 10.9 Å². The highest BCUT2D eigenvalue weighted by Crippen LogP contribution is 2.43. The van der Waals surface area contributed by atoms with E-state index in [-0.39, 0.29) is 23.8 Å². The molecule has 8 nitrogen and oxygen atoms in total. The van der Waals surface area contributed by atoms with Gasteiger partial charge in [-0.1, -0.05) is 20.8 Å². The Hall–Kier alpha value is -2.87. The SMILES string of the molecule is CN(C)CCn1ccc2cc(NC(=O)CN3C(=O)NC4(CCC(C(C)(C)C)CC4)C3=O)ccc21. The second kappa shape index (κ2) is 9.06. The van der Waals surface area contributed by atoms with Gasteiger partial charge in [0.15, 0.2) is 0 Å². The molecule has 2 fully saturated rings. The molecule has 1 aromatic heterocycles. The molecule has 0 unspecified atom stereocenters. The minimum absolute atomic E-state index is 0.182. The minimum Gasteiger partial charge on any atom is -0.346 e. The standard InChI is InChI=1S/C26H37N5O3/c1-25(2,3)19-8-11-26(12-9-19)23(33)31(24(34)28-26)17-22(32)27-20-6-7-21-18(16-20)10-13-30(21)15-14-29(4)5/h6-7,10,13,16,19H,8-9,11-12,14-15,17H2,1-5H3,(H,27,32)(H,28,34). The summed E-state index contributed by atoms with van der Waals surface area (Å²) in [6, 6.07) is 7.31. The van der Waals surface area contributed by atoms with Crippen LogP contribution in [-0.2, 0) is 16.1 Å². The molecule has 4 rings (SSSR count). The highest BCUT2D eigenvalue weighted by Gasteiger charge is 2.53. The molecule has 1 aromatic carbocycles. The molecule has 4 amide bonds. The molecule has 2 aromatic rings. The molecule has 2 N–H and O–H groups in total. The van der Waals surface area contributed by atoms with E-state index in [0.29, 0.717) is 24.4 Å². The van der Waals surface area contributed by atoms with Crippen molar-refractivity contribution in [1.29, 1.82) is 0 Å². The number of anilines is 1. The maximum Gasteiger partial charge on any atom is 0.325 e. The Bertz CT molecular complexity index is 1090. The van der Waals surface area contributed by atoms with Crippen molar-refractivity contribution in [3.63, 3.8) is 0 Å². The molecule has 1 aliphatic carbocycles. The molecule has 0 radical (unpaired) electrons. The fourth-order valence-corrected chi connectivity index (χ4v) is 5.26. The molecule has 8 heteroatoms. The Labute approximate surface area is 201 Å². The Kier molecular flexibility index (Phi) is 6.46. The molecule has 1 aliphatic heterocycles. The number of nitrogens with zero attached hydrogens (tertiary/aromatic N) is 3. The fraction of sp³-hybridized carbons (Fsp3) is 0.577. The van der Waals surface area contributed by atoms with Crippen molar-refractivity contribution in [3.05, 3.63) is 30.5 Å². The molecule has 34 heavy (non-hydrogen) atoms. The minimum atomic E-state index is -0.854. The van der Waals surface area contributed by atoms with Gasteiger partial charge >= 0.3 is 6.03 Å². The van der Waals surface area contributed by atoms with E-state index >= 15 is 0 Å². The lowest BCUT2D eigenvalue weighted by atomic mass is 9.67. The molecular weight excluding hydrogens is 430 g/mol. The number of hydrogen-bond acceptors (Lipinski definition) is 4. The van der Waals surface area contributed by atoms with Crippen LogP contribution in [0.4, 0.5) is 10.5 Å². The molecule has 0 atom stereocenters. The molecular formula is C26H37N5O3. The summed E-state index contributed by atoms with van der Waals surface area (Å²) in [5.41, 5.74) is 1.08. The van der Waals surface area contributed by atoms with E-state index in [0.717, 1.165) is 41.7 Å². The summed E-state index contributed by atoms with van der Waals surface area (Å²) < 4.78 is 2.18. The van der Waals surface area contributed by atoms with Gasteiger partial charge in [-0.25, -0.2) is 4.79 Å². The van der Waals surface area contributed by atoms with Crippen LogP contribution >= 0.6 is 0 Å². The van der Waals surface area contributed by atoms with Crippen LogP contribution < -0.4 is 10.6 Å². The van der Waals surface area contributed by atoms with Crippen LogP contribution in [0.1, 0.15) is 46.5 Å². The first-order valence-corrected chi connectivity index (χ1v) is 12.2. The summed E-state index contributed by atoms with van der Waals surface area (Å²) in [5, 5.41) is 6.79. The van der Waals surface area contributed by atoms with Crippen LogP contribution in [0.2, 0.25) is 0 Å². The lowest BCUT2D eigenvalue weighted by Crippen LogP contribution is -2.50. The zero-order valence-corrected chi connectivity index (χ0v) is 21.0. The van der Waals surface area contributed by atoms with Crippen molar-refractivity contribution < 1.29 is 14.4 Å². The Morgan fingerprint density at radius 2 is 1.88 bits per heavy atom. The number of fused-ring (bicyclic) bond motifs is 1. The zero-order chi connectivity index (χ0) is 24.7. The average molecular weight is 468 g/mol. The first kappa shape index (κ1) is 24.3. The first-order valence-electron chi connectivity index (χ1n) is 12.2. The molecule has 2 aliphatic rings. The van der Waals surface area contributed by atoms with Gasteiger partial charge in [0.2, 0.25) is 5.91 Å². The molecule has 184 valence electrons. The second-order valence-electron chi connectivity index (χ2n) is 11.2. The van der Waals surface area contributed by atoms with Gasteiger partial charge < -0.3 is 20.1 Å². The third-order valence-corrected chi connectivity index (χ3v) is 7.45. The number of hydrogen-bond donors (Lipinski definition) is 2. The molecule has 1 saturated heterocycles. The Morgan fingerprint density at radius 3 is 2.53 bits per heavy atom. The summed E-state index contributed by atoms with van der Waals surface area (Å²) in [7, 11) is 4.09. The summed E-state index contributed by atoms with van der Waals surface area (Å²) >= 11 is 0. The fourth-order valence-electron chi connectivity index (χ4n) is 5.26. The van der Waals surface area contributed by atoms with Crippen LogP contribution in [0.3, 0.4) is 0 Å². The number of nitrogens with one attached hydrogen (secondary N) is 2. The van der Waals surface area contributed by atoms with E-state index in [2.05, 4.69) is 40.9 Å². The summed E-state index contributed by atoms with van der Waals surface area (Å²) in [4.78, 5) is 41.7. The summed E-state index contributed by atoms with van der Waals surface area (Å²) in [5.74, 6) is -0.128.